The van der Waals surface area contributed by atoms with E-state index in [2.05, 4.69) is 36.6 Å². The first-order chi connectivity index (χ1) is 14.5. The minimum absolute atomic E-state index is 0.0163. The molecule has 1 saturated heterocycles. The summed E-state index contributed by atoms with van der Waals surface area (Å²) in [5.74, 6) is -1.05. The second kappa shape index (κ2) is 9.02. The van der Waals surface area contributed by atoms with Crippen LogP contribution in [-0.4, -0.2) is 34.9 Å². The van der Waals surface area contributed by atoms with Crippen molar-refractivity contribution in [2.24, 2.45) is 0 Å². The minimum Gasteiger partial charge on any atom is -0.420 e. The van der Waals surface area contributed by atoms with Crippen LogP contribution >= 0.6 is 27.5 Å². The zero-order chi connectivity index (χ0) is 22.8. The van der Waals surface area contributed by atoms with Gasteiger partial charge < -0.3 is 20.7 Å². The number of alkyl halides is 3. The van der Waals surface area contributed by atoms with Crippen molar-refractivity contribution in [3.63, 3.8) is 0 Å². The third-order valence-electron chi connectivity index (χ3n) is 4.20. The first-order valence-corrected chi connectivity index (χ1v) is 9.87. The third-order valence-corrected chi connectivity index (χ3v) is 4.90. The molecule has 1 atom stereocenters. The molecule has 31 heavy (non-hydrogen) atoms. The summed E-state index contributed by atoms with van der Waals surface area (Å²) in [6.07, 6.45) is 0.168. The van der Waals surface area contributed by atoms with Crippen molar-refractivity contribution in [2.75, 3.05) is 17.2 Å². The van der Waals surface area contributed by atoms with Gasteiger partial charge in [0.15, 0.2) is 0 Å². The standard InChI is InChI=1S/C18H14BrClF2N4O5/c19-13-5-9(6-14(26(29)30)16(13)24-11-7-15(27)23-8-11)17(28)25-10-1-3-12(4-2-10)31-18(20,21)22/h1-6,11,24H,7-8H2,(H,23,27)(H,25,28)/t11-/m0/s1. The maximum atomic E-state index is 12.6. The predicted molar refractivity (Wildman–Crippen MR) is 112 cm³/mol. The Morgan fingerprint density at radius 1 is 1.32 bits per heavy atom. The molecule has 1 aliphatic heterocycles. The number of halogens is 4. The van der Waals surface area contributed by atoms with Crippen LogP contribution in [-0.2, 0) is 4.79 Å². The van der Waals surface area contributed by atoms with E-state index >= 15 is 0 Å². The number of nitrogens with zero attached hydrogens (tertiary/aromatic N) is 1. The normalized spacial score (nSPS) is 15.9. The molecular formula is C18H14BrClF2N4O5. The maximum Gasteiger partial charge on any atom is 0.487 e. The molecular weight excluding hydrogens is 506 g/mol. The highest BCUT2D eigenvalue weighted by Gasteiger charge is 2.28. The van der Waals surface area contributed by atoms with Crippen LogP contribution in [0.15, 0.2) is 40.9 Å². The summed E-state index contributed by atoms with van der Waals surface area (Å²) in [5, 5.41) is 19.6. The van der Waals surface area contributed by atoms with Gasteiger partial charge in [0.1, 0.15) is 11.4 Å². The molecule has 0 bridgehead atoms. The number of hydrogen-bond acceptors (Lipinski definition) is 6. The third kappa shape index (κ3) is 6.01. The second-order valence-corrected chi connectivity index (χ2v) is 7.78. The predicted octanol–water partition coefficient (Wildman–Crippen LogP) is 4.08. The van der Waals surface area contributed by atoms with Gasteiger partial charge in [0, 0.05) is 46.4 Å². The molecule has 0 aliphatic carbocycles. The fraction of sp³-hybridized carbons (Fsp3) is 0.222. The average molecular weight is 520 g/mol. The number of nitro groups is 1. The van der Waals surface area contributed by atoms with Crippen molar-refractivity contribution in [2.45, 2.75) is 18.0 Å². The topological polar surface area (TPSA) is 123 Å². The van der Waals surface area contributed by atoms with E-state index < -0.39 is 16.4 Å². The number of nitro benzene ring substituents is 1. The van der Waals surface area contributed by atoms with Gasteiger partial charge >= 0.3 is 5.57 Å². The molecule has 9 nitrogen and oxygen atoms in total. The van der Waals surface area contributed by atoms with Gasteiger partial charge in [0.2, 0.25) is 5.91 Å². The first-order valence-electron chi connectivity index (χ1n) is 8.70. The zero-order valence-corrected chi connectivity index (χ0v) is 17.8. The quantitative estimate of drug-likeness (QED) is 0.288. The summed E-state index contributed by atoms with van der Waals surface area (Å²) in [5.41, 5.74) is -3.85. The fourth-order valence-corrected chi connectivity index (χ4v) is 3.52. The number of benzene rings is 2. The highest BCUT2D eigenvalue weighted by Crippen LogP contribution is 2.35. The van der Waals surface area contributed by atoms with E-state index in [1.807, 2.05) is 0 Å². The second-order valence-electron chi connectivity index (χ2n) is 6.49. The van der Waals surface area contributed by atoms with E-state index in [4.69, 9.17) is 11.6 Å². The summed E-state index contributed by atoms with van der Waals surface area (Å²) in [6.45, 7) is 0.319. The van der Waals surface area contributed by atoms with Crippen LogP contribution < -0.4 is 20.7 Å². The van der Waals surface area contributed by atoms with Gasteiger partial charge in [0.25, 0.3) is 11.6 Å². The SMILES string of the molecule is O=C1C[C@H](Nc2c(Br)cc(C(=O)Nc3ccc(OC(F)(F)Cl)cc3)cc2[N+](=O)[O-])CN1. The lowest BCUT2D eigenvalue weighted by molar-refractivity contribution is -0.384. The van der Waals surface area contributed by atoms with E-state index in [0.29, 0.717) is 6.54 Å². The highest BCUT2D eigenvalue weighted by molar-refractivity contribution is 9.10. The number of anilines is 2. The Kier molecular flexibility index (Phi) is 6.60. The summed E-state index contributed by atoms with van der Waals surface area (Å²) in [4.78, 5) is 34.8. The van der Waals surface area contributed by atoms with E-state index in [1.54, 1.807) is 0 Å². The minimum atomic E-state index is -3.87. The van der Waals surface area contributed by atoms with E-state index in [-0.39, 0.29) is 51.2 Å². The van der Waals surface area contributed by atoms with Crippen LogP contribution in [0, 0.1) is 10.1 Å². The lowest BCUT2D eigenvalue weighted by atomic mass is 10.1. The van der Waals surface area contributed by atoms with Crippen molar-refractivity contribution in [1.29, 1.82) is 0 Å². The van der Waals surface area contributed by atoms with Gasteiger partial charge in [-0.05, 0) is 46.3 Å². The molecule has 164 valence electrons. The molecule has 3 rings (SSSR count). The van der Waals surface area contributed by atoms with Crippen molar-refractivity contribution >= 4 is 56.4 Å². The first kappa shape index (κ1) is 22.7. The number of carbonyl (C=O) groups excluding carboxylic acids is 2. The Balaban J connectivity index is 1.78. The molecule has 0 spiro atoms. The van der Waals surface area contributed by atoms with Gasteiger partial charge in [0.05, 0.1) is 11.0 Å². The Labute approximate surface area is 187 Å². The highest BCUT2D eigenvalue weighted by atomic mass is 79.9. The van der Waals surface area contributed by atoms with Gasteiger partial charge in [-0.15, -0.1) is 8.78 Å². The molecule has 1 heterocycles. The molecule has 2 aromatic rings. The molecule has 3 N–H and O–H groups in total. The lowest BCUT2D eigenvalue weighted by Crippen LogP contribution is -2.23. The number of carbonyl (C=O) groups is 2. The number of nitrogens with one attached hydrogen (secondary N) is 3. The van der Waals surface area contributed by atoms with Crippen LogP contribution in [0.3, 0.4) is 0 Å². The number of rotatable bonds is 7. The van der Waals surface area contributed by atoms with Crippen LogP contribution in [0.4, 0.5) is 25.8 Å². The van der Waals surface area contributed by atoms with Crippen LogP contribution in [0.2, 0.25) is 0 Å². The molecule has 1 aliphatic rings. The van der Waals surface area contributed by atoms with Gasteiger partial charge in [-0.2, -0.15) is 0 Å². The summed E-state index contributed by atoms with van der Waals surface area (Å²) in [6, 6.07) is 7.11. The van der Waals surface area contributed by atoms with Crippen LogP contribution in [0.25, 0.3) is 0 Å². The zero-order valence-electron chi connectivity index (χ0n) is 15.5. The maximum absolute atomic E-state index is 12.6. The smallest absolute Gasteiger partial charge is 0.420 e. The van der Waals surface area contributed by atoms with Gasteiger partial charge in [-0.25, -0.2) is 0 Å². The van der Waals surface area contributed by atoms with Gasteiger partial charge in [-0.1, -0.05) is 0 Å². The molecule has 0 saturated carbocycles. The summed E-state index contributed by atoms with van der Waals surface area (Å²) >= 11 is 7.92. The van der Waals surface area contributed by atoms with E-state index in [0.717, 1.165) is 6.07 Å². The van der Waals surface area contributed by atoms with Crippen molar-refractivity contribution < 1.29 is 28.0 Å². The molecule has 2 amide bonds. The Bertz CT molecular complexity index is 1030. The van der Waals surface area contributed by atoms with Crippen molar-refractivity contribution in [1.82, 2.24) is 5.32 Å². The van der Waals surface area contributed by atoms with E-state index in [9.17, 15) is 28.5 Å². The molecule has 1 fully saturated rings. The monoisotopic (exact) mass is 518 g/mol. The Hall–Kier alpha value is -2.99. The average Bonchev–Trinajstić information content (AvgIpc) is 3.08. The molecule has 13 heteroatoms. The van der Waals surface area contributed by atoms with Crippen molar-refractivity contribution in [3.8, 4) is 5.75 Å². The molecule has 0 aromatic heterocycles. The summed E-state index contributed by atoms with van der Waals surface area (Å²) < 4.78 is 29.7. The fourth-order valence-electron chi connectivity index (χ4n) is 2.86. The van der Waals surface area contributed by atoms with Crippen LogP contribution in [0.5, 0.6) is 5.75 Å². The summed E-state index contributed by atoms with van der Waals surface area (Å²) in [7, 11) is 0. The lowest BCUT2D eigenvalue weighted by Gasteiger charge is -2.15. The Morgan fingerprint density at radius 3 is 2.55 bits per heavy atom. The Morgan fingerprint density at radius 2 is 2.00 bits per heavy atom. The number of ether oxygens (including phenoxy) is 1. The molecule has 2 aromatic carbocycles. The van der Waals surface area contributed by atoms with E-state index in [1.165, 1.54) is 30.3 Å². The number of amides is 2. The molecule has 0 unspecified atom stereocenters. The van der Waals surface area contributed by atoms with Crippen LogP contribution in [0.1, 0.15) is 16.8 Å². The van der Waals surface area contributed by atoms with Gasteiger partial charge in [-0.3, -0.25) is 19.7 Å². The van der Waals surface area contributed by atoms with Crippen molar-refractivity contribution in [3.05, 3.63) is 56.5 Å². The largest absolute Gasteiger partial charge is 0.487 e. The molecule has 0 radical (unpaired) electrons. The number of hydrogen-bond donors (Lipinski definition) is 3.